The summed E-state index contributed by atoms with van der Waals surface area (Å²) in [7, 11) is 0. The number of benzene rings is 1. The Morgan fingerprint density at radius 3 is 2.48 bits per heavy atom. The molecule has 0 fully saturated rings. The van der Waals surface area contributed by atoms with Crippen LogP contribution in [0.15, 0.2) is 65.8 Å². The molecular formula is C18H17N3. The van der Waals surface area contributed by atoms with Crippen molar-refractivity contribution in [3.63, 3.8) is 0 Å². The number of aromatic nitrogens is 2. The smallest absolute Gasteiger partial charge is 0.136 e. The van der Waals surface area contributed by atoms with Crippen molar-refractivity contribution in [3.05, 3.63) is 77.7 Å². The fourth-order valence-corrected chi connectivity index (χ4v) is 2.42. The molecule has 0 bridgehead atoms. The minimum Gasteiger partial charge on any atom is -0.303 e. The van der Waals surface area contributed by atoms with Gasteiger partial charge in [-0.3, -0.25) is 4.99 Å². The van der Waals surface area contributed by atoms with Crippen LogP contribution in [0.5, 0.6) is 0 Å². The van der Waals surface area contributed by atoms with E-state index in [0.29, 0.717) is 0 Å². The van der Waals surface area contributed by atoms with Crippen molar-refractivity contribution >= 4 is 11.9 Å². The molecule has 3 nitrogen and oxygen atoms in total. The highest BCUT2D eigenvalue weighted by molar-refractivity contribution is 5.84. The molecule has 0 aliphatic rings. The summed E-state index contributed by atoms with van der Waals surface area (Å²) in [6.07, 6.45) is 3.73. The Morgan fingerprint density at radius 2 is 1.76 bits per heavy atom. The zero-order chi connectivity index (χ0) is 14.7. The molecule has 3 rings (SSSR count). The summed E-state index contributed by atoms with van der Waals surface area (Å²) in [4.78, 5) is 8.95. The van der Waals surface area contributed by atoms with Gasteiger partial charge >= 0.3 is 0 Å². The number of aryl methyl sites for hydroxylation is 1. The molecule has 1 aromatic carbocycles. The predicted octanol–water partition coefficient (Wildman–Crippen LogP) is 4.24. The summed E-state index contributed by atoms with van der Waals surface area (Å²) in [6, 6.07) is 18.0. The number of hydrogen-bond donors (Lipinski definition) is 0. The van der Waals surface area contributed by atoms with Gasteiger partial charge in [0.25, 0.3) is 0 Å². The summed E-state index contributed by atoms with van der Waals surface area (Å²) in [5, 5.41) is 0. The molecule has 0 amide bonds. The number of hydrogen-bond acceptors (Lipinski definition) is 2. The lowest BCUT2D eigenvalue weighted by atomic mass is 10.2. The molecule has 2 aromatic heterocycles. The average molecular weight is 275 g/mol. The van der Waals surface area contributed by atoms with E-state index in [9.17, 15) is 0 Å². The number of aliphatic imine (C=N–C) groups is 1. The molecule has 0 saturated carbocycles. The molecule has 3 heteroatoms. The standard InChI is InChI=1S/C18H17N3/c1-14-12-16(13-20-17-8-4-3-5-9-17)15(2)21(14)18-10-6-7-11-19-18/h3-13H,1-2H3. The van der Waals surface area contributed by atoms with E-state index >= 15 is 0 Å². The Hall–Kier alpha value is -2.68. The van der Waals surface area contributed by atoms with Crippen LogP contribution in [-0.4, -0.2) is 15.8 Å². The van der Waals surface area contributed by atoms with E-state index in [0.717, 1.165) is 28.5 Å². The lowest BCUT2D eigenvalue weighted by Crippen LogP contribution is -2.01. The van der Waals surface area contributed by atoms with Crippen LogP contribution in [-0.2, 0) is 0 Å². The van der Waals surface area contributed by atoms with E-state index in [1.165, 1.54) is 0 Å². The van der Waals surface area contributed by atoms with Gasteiger partial charge in [0, 0.05) is 29.4 Å². The van der Waals surface area contributed by atoms with Crippen LogP contribution >= 0.6 is 0 Å². The van der Waals surface area contributed by atoms with E-state index in [4.69, 9.17) is 0 Å². The minimum absolute atomic E-state index is 0.937. The fraction of sp³-hybridized carbons (Fsp3) is 0.111. The lowest BCUT2D eigenvalue weighted by Gasteiger charge is -2.07. The number of nitrogens with zero attached hydrogens (tertiary/aromatic N) is 3. The zero-order valence-electron chi connectivity index (χ0n) is 12.2. The maximum Gasteiger partial charge on any atom is 0.136 e. The molecule has 0 saturated heterocycles. The van der Waals surface area contributed by atoms with Gasteiger partial charge in [-0.05, 0) is 44.2 Å². The highest BCUT2D eigenvalue weighted by atomic mass is 15.1. The first-order valence-electron chi connectivity index (χ1n) is 6.95. The summed E-state index contributed by atoms with van der Waals surface area (Å²) in [6.45, 7) is 4.18. The maximum absolute atomic E-state index is 4.53. The average Bonchev–Trinajstić information content (AvgIpc) is 2.81. The van der Waals surface area contributed by atoms with Crippen LogP contribution in [0.4, 0.5) is 5.69 Å². The summed E-state index contributed by atoms with van der Waals surface area (Å²) >= 11 is 0. The number of rotatable bonds is 3. The topological polar surface area (TPSA) is 30.2 Å². The van der Waals surface area contributed by atoms with Gasteiger partial charge in [0.2, 0.25) is 0 Å². The molecule has 0 N–H and O–H groups in total. The Morgan fingerprint density at radius 1 is 1.00 bits per heavy atom. The largest absolute Gasteiger partial charge is 0.303 e. The second-order valence-electron chi connectivity index (χ2n) is 4.94. The van der Waals surface area contributed by atoms with E-state index in [-0.39, 0.29) is 0 Å². The molecule has 21 heavy (non-hydrogen) atoms. The minimum atomic E-state index is 0.937. The van der Waals surface area contributed by atoms with Crippen molar-refractivity contribution in [1.29, 1.82) is 0 Å². The molecular weight excluding hydrogens is 258 g/mol. The molecule has 0 atom stereocenters. The van der Waals surface area contributed by atoms with Gasteiger partial charge in [-0.1, -0.05) is 24.3 Å². The second-order valence-corrected chi connectivity index (χ2v) is 4.94. The highest BCUT2D eigenvalue weighted by Gasteiger charge is 2.09. The third-order valence-corrected chi connectivity index (χ3v) is 3.46. The highest BCUT2D eigenvalue weighted by Crippen LogP contribution is 2.19. The van der Waals surface area contributed by atoms with Crippen LogP contribution in [0.3, 0.4) is 0 Å². The first kappa shape index (κ1) is 13.3. The van der Waals surface area contributed by atoms with E-state index in [1.807, 2.05) is 60.9 Å². The maximum atomic E-state index is 4.53. The first-order chi connectivity index (χ1) is 10.3. The first-order valence-corrected chi connectivity index (χ1v) is 6.95. The molecule has 0 spiro atoms. The Balaban J connectivity index is 1.97. The van der Waals surface area contributed by atoms with Gasteiger partial charge in [0.15, 0.2) is 0 Å². The number of pyridine rings is 1. The van der Waals surface area contributed by atoms with Gasteiger partial charge in [-0.15, -0.1) is 0 Å². The van der Waals surface area contributed by atoms with E-state index in [1.54, 1.807) is 0 Å². The van der Waals surface area contributed by atoms with Crippen molar-refractivity contribution in [3.8, 4) is 5.82 Å². The third-order valence-electron chi connectivity index (χ3n) is 3.46. The molecule has 0 radical (unpaired) electrons. The van der Waals surface area contributed by atoms with Gasteiger partial charge in [0.05, 0.1) is 5.69 Å². The van der Waals surface area contributed by atoms with Gasteiger partial charge in [0.1, 0.15) is 5.82 Å². The van der Waals surface area contributed by atoms with Crippen LogP contribution in [0, 0.1) is 13.8 Å². The summed E-state index contributed by atoms with van der Waals surface area (Å²) in [5.74, 6) is 0.937. The Bertz CT molecular complexity index is 756. The Labute approximate surface area is 124 Å². The van der Waals surface area contributed by atoms with Crippen LogP contribution in [0.2, 0.25) is 0 Å². The molecule has 104 valence electrons. The summed E-state index contributed by atoms with van der Waals surface area (Å²) in [5.41, 5.74) is 4.37. The van der Waals surface area contributed by atoms with Gasteiger partial charge in [-0.2, -0.15) is 0 Å². The fourth-order valence-electron chi connectivity index (χ4n) is 2.42. The SMILES string of the molecule is Cc1cc(C=Nc2ccccc2)c(C)n1-c1ccccn1. The molecule has 0 aliphatic carbocycles. The van der Waals surface area contributed by atoms with Crippen molar-refractivity contribution in [2.24, 2.45) is 4.99 Å². The molecule has 0 unspecified atom stereocenters. The molecule has 3 aromatic rings. The van der Waals surface area contributed by atoms with Crippen molar-refractivity contribution in [2.75, 3.05) is 0 Å². The lowest BCUT2D eigenvalue weighted by molar-refractivity contribution is 0.921. The van der Waals surface area contributed by atoms with E-state index in [2.05, 4.69) is 34.5 Å². The van der Waals surface area contributed by atoms with Crippen molar-refractivity contribution < 1.29 is 0 Å². The summed E-state index contributed by atoms with van der Waals surface area (Å²) < 4.78 is 2.15. The van der Waals surface area contributed by atoms with Gasteiger partial charge < -0.3 is 4.57 Å². The zero-order valence-corrected chi connectivity index (χ0v) is 12.2. The van der Waals surface area contributed by atoms with Crippen molar-refractivity contribution in [1.82, 2.24) is 9.55 Å². The Kier molecular flexibility index (Phi) is 3.65. The van der Waals surface area contributed by atoms with Crippen LogP contribution < -0.4 is 0 Å². The van der Waals surface area contributed by atoms with E-state index < -0.39 is 0 Å². The third kappa shape index (κ3) is 2.77. The molecule has 2 heterocycles. The monoisotopic (exact) mass is 275 g/mol. The quantitative estimate of drug-likeness (QED) is 0.657. The predicted molar refractivity (Wildman–Crippen MR) is 86.7 cm³/mol. The van der Waals surface area contributed by atoms with Crippen LogP contribution in [0.25, 0.3) is 5.82 Å². The normalized spacial score (nSPS) is 11.1. The molecule has 0 aliphatic heterocycles. The van der Waals surface area contributed by atoms with Gasteiger partial charge in [-0.25, -0.2) is 4.98 Å². The van der Waals surface area contributed by atoms with Crippen molar-refractivity contribution in [2.45, 2.75) is 13.8 Å². The second kappa shape index (κ2) is 5.75. The van der Waals surface area contributed by atoms with Crippen LogP contribution in [0.1, 0.15) is 17.0 Å². The number of para-hydroxylation sites is 1.